The van der Waals surface area contributed by atoms with E-state index in [0.717, 1.165) is 5.76 Å². The average Bonchev–Trinajstić information content (AvgIpc) is 2.39. The van der Waals surface area contributed by atoms with Crippen LogP contribution in [-0.2, 0) is 4.79 Å². The highest BCUT2D eigenvalue weighted by Gasteiger charge is 1.86. The lowest BCUT2D eigenvalue weighted by atomic mass is 10.4. The van der Waals surface area contributed by atoms with Crippen molar-refractivity contribution in [2.24, 2.45) is 0 Å². The summed E-state index contributed by atoms with van der Waals surface area (Å²) in [6.07, 6.45) is 4.80. The van der Waals surface area contributed by atoms with Crippen LogP contribution in [-0.4, -0.2) is 5.91 Å². The summed E-state index contributed by atoms with van der Waals surface area (Å²) in [6, 6.07) is 3.59. The number of hydrogen-bond donors (Lipinski definition) is 1. The van der Waals surface area contributed by atoms with Crippen LogP contribution in [0.4, 0.5) is 0 Å². The molecule has 0 saturated carbocycles. The Bertz CT molecular complexity index is 249. The summed E-state index contributed by atoms with van der Waals surface area (Å²) in [5.74, 6) is 0.631. The normalized spacial score (nSPS) is 10.3. The number of furan rings is 1. The molecule has 0 radical (unpaired) electrons. The largest absolute Gasteiger partial charge is 0.465 e. The second-order valence-electron chi connectivity index (χ2n) is 2.05. The summed E-state index contributed by atoms with van der Waals surface area (Å²) < 4.78 is 4.98. The highest BCUT2D eigenvalue weighted by Crippen LogP contribution is 2.00. The number of amides is 1. The Labute approximate surface area is 64.7 Å². The summed E-state index contributed by atoms with van der Waals surface area (Å²) in [7, 11) is 0. The Kier molecular flexibility index (Phi) is 2.49. The smallest absolute Gasteiger partial charge is 0.220 e. The summed E-state index contributed by atoms with van der Waals surface area (Å²) in [5.41, 5.74) is 0. The van der Waals surface area contributed by atoms with E-state index in [2.05, 4.69) is 5.32 Å². The second kappa shape index (κ2) is 3.61. The molecule has 0 spiro atoms. The molecule has 3 heteroatoms. The molecule has 0 saturated heterocycles. The van der Waals surface area contributed by atoms with E-state index in [9.17, 15) is 4.79 Å². The lowest BCUT2D eigenvalue weighted by Crippen LogP contribution is -2.10. The van der Waals surface area contributed by atoms with Gasteiger partial charge in [0.2, 0.25) is 5.91 Å². The number of hydrogen-bond acceptors (Lipinski definition) is 2. The van der Waals surface area contributed by atoms with Gasteiger partial charge in [0.15, 0.2) is 0 Å². The van der Waals surface area contributed by atoms with E-state index < -0.39 is 0 Å². The molecule has 11 heavy (non-hydrogen) atoms. The highest BCUT2D eigenvalue weighted by molar-refractivity contribution is 5.74. The van der Waals surface area contributed by atoms with Crippen molar-refractivity contribution in [2.75, 3.05) is 0 Å². The maximum absolute atomic E-state index is 10.4. The van der Waals surface area contributed by atoms with Crippen molar-refractivity contribution in [3.05, 3.63) is 30.4 Å². The van der Waals surface area contributed by atoms with Crippen LogP contribution < -0.4 is 5.32 Å². The van der Waals surface area contributed by atoms with Crippen LogP contribution >= 0.6 is 0 Å². The fraction of sp³-hybridized carbons (Fsp3) is 0.125. The summed E-state index contributed by atoms with van der Waals surface area (Å²) in [4.78, 5) is 10.4. The molecule has 0 unspecified atom stereocenters. The molecule has 1 rings (SSSR count). The molecular formula is C8H9NO2. The molecule has 1 aromatic heterocycles. The predicted molar refractivity (Wildman–Crippen MR) is 41.6 cm³/mol. The minimum absolute atomic E-state index is 0.0900. The van der Waals surface area contributed by atoms with E-state index in [4.69, 9.17) is 4.42 Å². The Hall–Kier alpha value is -1.51. The molecular weight excluding hydrogens is 142 g/mol. The third kappa shape index (κ3) is 2.71. The van der Waals surface area contributed by atoms with E-state index in [1.165, 1.54) is 6.92 Å². The first-order chi connectivity index (χ1) is 5.29. The van der Waals surface area contributed by atoms with Gasteiger partial charge in [-0.25, -0.2) is 0 Å². The second-order valence-corrected chi connectivity index (χ2v) is 2.05. The fourth-order valence-electron chi connectivity index (χ4n) is 0.627. The topological polar surface area (TPSA) is 42.2 Å². The number of nitrogens with one attached hydrogen (secondary N) is 1. The Morgan fingerprint density at radius 2 is 2.55 bits per heavy atom. The van der Waals surface area contributed by atoms with Gasteiger partial charge in [-0.2, -0.15) is 0 Å². The van der Waals surface area contributed by atoms with Gasteiger partial charge in [-0.15, -0.1) is 0 Å². The minimum Gasteiger partial charge on any atom is -0.465 e. The number of carbonyl (C=O) groups is 1. The van der Waals surface area contributed by atoms with Crippen LogP contribution in [0.25, 0.3) is 6.08 Å². The standard InChI is InChI=1S/C8H9NO2/c1-7(10)9-5-4-8-3-2-6-11-8/h2-6H,1H3,(H,9,10). The summed E-state index contributed by atoms with van der Waals surface area (Å²) >= 11 is 0. The molecule has 0 aliphatic rings. The molecule has 0 bridgehead atoms. The van der Waals surface area contributed by atoms with Crippen LogP contribution in [0.5, 0.6) is 0 Å². The van der Waals surface area contributed by atoms with Crippen molar-refractivity contribution in [2.45, 2.75) is 6.92 Å². The Balaban J connectivity index is 2.43. The van der Waals surface area contributed by atoms with Gasteiger partial charge in [0.25, 0.3) is 0 Å². The molecule has 1 N–H and O–H groups in total. The molecule has 0 aliphatic heterocycles. The molecule has 0 fully saturated rings. The fourth-order valence-corrected chi connectivity index (χ4v) is 0.627. The van der Waals surface area contributed by atoms with Crippen LogP contribution in [0.2, 0.25) is 0 Å². The highest BCUT2D eigenvalue weighted by atomic mass is 16.3. The van der Waals surface area contributed by atoms with Gasteiger partial charge in [-0.3, -0.25) is 4.79 Å². The molecule has 3 nitrogen and oxygen atoms in total. The first kappa shape index (κ1) is 7.60. The maximum Gasteiger partial charge on any atom is 0.220 e. The monoisotopic (exact) mass is 151 g/mol. The minimum atomic E-state index is -0.0900. The van der Waals surface area contributed by atoms with Crippen molar-refractivity contribution in [1.29, 1.82) is 0 Å². The lowest BCUT2D eigenvalue weighted by molar-refractivity contribution is -0.118. The Morgan fingerprint density at radius 3 is 3.09 bits per heavy atom. The first-order valence-corrected chi connectivity index (χ1v) is 3.26. The van der Waals surface area contributed by atoms with Crippen molar-refractivity contribution in [3.8, 4) is 0 Å². The summed E-state index contributed by atoms with van der Waals surface area (Å²) in [5, 5.41) is 2.50. The third-order valence-corrected chi connectivity index (χ3v) is 1.08. The van der Waals surface area contributed by atoms with Gasteiger partial charge in [-0.1, -0.05) is 0 Å². The van der Waals surface area contributed by atoms with E-state index in [-0.39, 0.29) is 5.91 Å². The van der Waals surface area contributed by atoms with Crippen LogP contribution in [0.15, 0.2) is 29.0 Å². The van der Waals surface area contributed by atoms with E-state index >= 15 is 0 Å². The van der Waals surface area contributed by atoms with Crippen molar-refractivity contribution in [1.82, 2.24) is 5.32 Å². The molecule has 1 aromatic rings. The van der Waals surface area contributed by atoms with Crippen molar-refractivity contribution in [3.63, 3.8) is 0 Å². The van der Waals surface area contributed by atoms with Gasteiger partial charge in [0.1, 0.15) is 5.76 Å². The maximum atomic E-state index is 10.4. The molecule has 1 amide bonds. The van der Waals surface area contributed by atoms with E-state index in [1.807, 2.05) is 0 Å². The van der Waals surface area contributed by atoms with E-state index in [0.29, 0.717) is 0 Å². The van der Waals surface area contributed by atoms with Gasteiger partial charge < -0.3 is 9.73 Å². The zero-order valence-electron chi connectivity index (χ0n) is 6.20. The molecule has 58 valence electrons. The number of rotatable bonds is 2. The average molecular weight is 151 g/mol. The molecule has 1 heterocycles. The summed E-state index contributed by atoms with van der Waals surface area (Å²) in [6.45, 7) is 1.45. The van der Waals surface area contributed by atoms with Crippen LogP contribution in [0, 0.1) is 0 Å². The third-order valence-electron chi connectivity index (χ3n) is 1.08. The van der Waals surface area contributed by atoms with Crippen molar-refractivity contribution < 1.29 is 9.21 Å². The lowest BCUT2D eigenvalue weighted by Gasteiger charge is -1.88. The predicted octanol–water partition coefficient (Wildman–Crippen LogP) is 1.39. The SMILES string of the molecule is CC(=O)NC=Cc1ccco1. The van der Waals surface area contributed by atoms with Crippen molar-refractivity contribution >= 4 is 12.0 Å². The van der Waals surface area contributed by atoms with Gasteiger partial charge in [-0.05, 0) is 18.2 Å². The van der Waals surface area contributed by atoms with Crippen LogP contribution in [0.3, 0.4) is 0 Å². The molecule has 0 atom stereocenters. The molecule has 0 aromatic carbocycles. The van der Waals surface area contributed by atoms with Gasteiger partial charge >= 0.3 is 0 Å². The number of carbonyl (C=O) groups excluding carboxylic acids is 1. The zero-order chi connectivity index (χ0) is 8.10. The van der Waals surface area contributed by atoms with E-state index in [1.54, 1.807) is 30.7 Å². The molecule has 0 aliphatic carbocycles. The zero-order valence-corrected chi connectivity index (χ0v) is 6.20. The van der Waals surface area contributed by atoms with Crippen LogP contribution in [0.1, 0.15) is 12.7 Å². The van der Waals surface area contributed by atoms with Gasteiger partial charge in [0, 0.05) is 13.1 Å². The van der Waals surface area contributed by atoms with Gasteiger partial charge in [0.05, 0.1) is 6.26 Å². The first-order valence-electron chi connectivity index (χ1n) is 3.26. The quantitative estimate of drug-likeness (QED) is 0.693. The Morgan fingerprint density at radius 1 is 1.73 bits per heavy atom.